The molecule has 0 radical (unpaired) electrons. The van der Waals surface area contributed by atoms with Crippen molar-refractivity contribution in [2.75, 3.05) is 5.75 Å². The van der Waals surface area contributed by atoms with Gasteiger partial charge in [-0.05, 0) is 28.4 Å². The average Bonchev–Trinajstić information content (AvgIpc) is 2.46. The van der Waals surface area contributed by atoms with Crippen LogP contribution in [0.5, 0.6) is 0 Å². The van der Waals surface area contributed by atoms with E-state index in [1.54, 1.807) is 0 Å². The van der Waals surface area contributed by atoms with Gasteiger partial charge in [0.25, 0.3) is 5.56 Å². The summed E-state index contributed by atoms with van der Waals surface area (Å²) in [4.78, 5) is 16.5. The standard InChI is InChI=1S/C13H10BrN3OS.BrH/c1-8-11(14)12(18)17-13(15-8)19-7-10(16-17)9-5-3-2-4-6-9;/h2-6H,7H2,1H3;1H. The number of benzene rings is 1. The van der Waals surface area contributed by atoms with Crippen molar-refractivity contribution in [1.29, 1.82) is 0 Å². The molecule has 0 bridgehead atoms. The molecule has 0 amide bonds. The lowest BCUT2D eigenvalue weighted by atomic mass is 10.1. The zero-order valence-electron chi connectivity index (χ0n) is 10.5. The molecule has 104 valence electrons. The van der Waals surface area contributed by atoms with Crippen LogP contribution in [0.2, 0.25) is 0 Å². The second-order valence-electron chi connectivity index (χ2n) is 4.11. The summed E-state index contributed by atoms with van der Waals surface area (Å²) in [5.74, 6) is 0.720. The quantitative estimate of drug-likeness (QED) is 0.670. The number of fused-ring (bicyclic) bond motifs is 1. The minimum Gasteiger partial charge on any atom is -0.266 e. The highest BCUT2D eigenvalue weighted by atomic mass is 79.9. The minimum atomic E-state index is -0.164. The Kier molecular flexibility index (Phi) is 4.82. The smallest absolute Gasteiger partial charge is 0.266 e. The van der Waals surface area contributed by atoms with Crippen molar-refractivity contribution >= 4 is 50.4 Å². The first-order chi connectivity index (χ1) is 9.16. The fraction of sp³-hybridized carbons (Fsp3) is 0.154. The monoisotopic (exact) mass is 415 g/mol. The molecule has 1 aromatic carbocycles. The summed E-state index contributed by atoms with van der Waals surface area (Å²) in [5.41, 5.74) is 2.45. The third-order valence-electron chi connectivity index (χ3n) is 2.81. The summed E-state index contributed by atoms with van der Waals surface area (Å²) in [7, 11) is 0. The summed E-state index contributed by atoms with van der Waals surface area (Å²) in [6, 6.07) is 9.87. The third-order valence-corrected chi connectivity index (χ3v) is 4.66. The van der Waals surface area contributed by atoms with E-state index in [-0.39, 0.29) is 22.5 Å². The number of rotatable bonds is 1. The number of nitrogens with zero attached hydrogens (tertiary/aromatic N) is 3. The van der Waals surface area contributed by atoms with Gasteiger partial charge in [0.1, 0.15) is 4.47 Å². The Morgan fingerprint density at radius 3 is 2.70 bits per heavy atom. The second kappa shape index (κ2) is 6.24. The van der Waals surface area contributed by atoms with Crippen LogP contribution in [0.4, 0.5) is 0 Å². The molecule has 0 aliphatic carbocycles. The van der Waals surface area contributed by atoms with Crippen LogP contribution in [0, 0.1) is 6.92 Å². The summed E-state index contributed by atoms with van der Waals surface area (Å²) in [5, 5.41) is 5.07. The summed E-state index contributed by atoms with van der Waals surface area (Å²) >= 11 is 4.79. The maximum Gasteiger partial charge on any atom is 0.289 e. The van der Waals surface area contributed by atoms with E-state index in [2.05, 4.69) is 26.0 Å². The van der Waals surface area contributed by atoms with Crippen LogP contribution < -0.4 is 5.56 Å². The Morgan fingerprint density at radius 1 is 1.30 bits per heavy atom. The van der Waals surface area contributed by atoms with Crippen molar-refractivity contribution in [3.63, 3.8) is 0 Å². The van der Waals surface area contributed by atoms with E-state index in [9.17, 15) is 4.79 Å². The maximum absolute atomic E-state index is 12.2. The molecule has 0 atom stereocenters. The van der Waals surface area contributed by atoms with Gasteiger partial charge >= 0.3 is 0 Å². The molecule has 1 aliphatic rings. The van der Waals surface area contributed by atoms with Crippen molar-refractivity contribution in [2.24, 2.45) is 5.10 Å². The lowest BCUT2D eigenvalue weighted by Gasteiger charge is -2.16. The zero-order valence-corrected chi connectivity index (χ0v) is 14.7. The molecule has 0 N–H and O–H groups in total. The molecule has 2 aromatic rings. The van der Waals surface area contributed by atoms with Crippen molar-refractivity contribution in [3.8, 4) is 0 Å². The number of thioether (sulfide) groups is 1. The number of hydrogen-bond donors (Lipinski definition) is 0. The molecule has 1 aliphatic heterocycles. The van der Waals surface area contributed by atoms with Crippen LogP contribution in [0.1, 0.15) is 11.3 Å². The molecular weight excluding hydrogens is 406 g/mol. The molecule has 0 saturated carbocycles. The van der Waals surface area contributed by atoms with Crippen LogP contribution in [0.15, 0.2) is 49.9 Å². The summed E-state index contributed by atoms with van der Waals surface area (Å²) < 4.78 is 1.84. The first-order valence-corrected chi connectivity index (χ1v) is 7.50. The molecule has 4 nitrogen and oxygen atoms in total. The summed E-state index contributed by atoms with van der Waals surface area (Å²) in [6.45, 7) is 1.81. The van der Waals surface area contributed by atoms with Crippen molar-refractivity contribution in [3.05, 3.63) is 56.4 Å². The summed E-state index contributed by atoms with van der Waals surface area (Å²) in [6.07, 6.45) is 0. The van der Waals surface area contributed by atoms with E-state index in [1.165, 1.54) is 16.4 Å². The van der Waals surface area contributed by atoms with Gasteiger partial charge in [0.05, 0.1) is 11.4 Å². The van der Waals surface area contributed by atoms with Gasteiger partial charge in [0.2, 0.25) is 0 Å². The van der Waals surface area contributed by atoms with E-state index < -0.39 is 0 Å². The topological polar surface area (TPSA) is 47.2 Å². The second-order valence-corrected chi connectivity index (χ2v) is 5.85. The Morgan fingerprint density at radius 2 is 2.00 bits per heavy atom. The van der Waals surface area contributed by atoms with Crippen LogP contribution in [-0.2, 0) is 0 Å². The molecule has 7 heteroatoms. The Balaban J connectivity index is 0.00000147. The number of hydrogen-bond acceptors (Lipinski definition) is 4. The van der Waals surface area contributed by atoms with E-state index >= 15 is 0 Å². The van der Waals surface area contributed by atoms with Crippen LogP contribution in [0.3, 0.4) is 0 Å². The normalized spacial score (nSPS) is 13.2. The fourth-order valence-corrected chi connectivity index (χ4v) is 3.00. The molecule has 0 saturated heterocycles. The molecular formula is C13H11Br2N3OS. The highest BCUT2D eigenvalue weighted by Crippen LogP contribution is 2.23. The van der Waals surface area contributed by atoms with E-state index in [1.807, 2.05) is 37.3 Å². The molecule has 20 heavy (non-hydrogen) atoms. The predicted molar refractivity (Wildman–Crippen MR) is 90.4 cm³/mol. The van der Waals surface area contributed by atoms with Crippen molar-refractivity contribution in [1.82, 2.24) is 9.66 Å². The van der Waals surface area contributed by atoms with Crippen LogP contribution >= 0.6 is 44.7 Å². The van der Waals surface area contributed by atoms with Gasteiger partial charge in [0, 0.05) is 5.75 Å². The van der Waals surface area contributed by atoms with Crippen LogP contribution in [0.25, 0.3) is 0 Å². The van der Waals surface area contributed by atoms with Crippen molar-refractivity contribution in [2.45, 2.75) is 12.1 Å². The molecule has 0 fully saturated rings. The zero-order chi connectivity index (χ0) is 13.4. The predicted octanol–water partition coefficient (Wildman–Crippen LogP) is 3.25. The fourth-order valence-electron chi connectivity index (χ4n) is 1.81. The number of halogens is 2. The lowest BCUT2D eigenvalue weighted by Crippen LogP contribution is -2.27. The van der Waals surface area contributed by atoms with Gasteiger partial charge in [-0.25, -0.2) is 4.98 Å². The molecule has 3 rings (SSSR count). The Labute approximate surface area is 139 Å². The number of aryl methyl sites for hydroxylation is 1. The average molecular weight is 417 g/mol. The Bertz CT molecular complexity index is 728. The van der Waals surface area contributed by atoms with Gasteiger partial charge < -0.3 is 0 Å². The lowest BCUT2D eigenvalue weighted by molar-refractivity contribution is 0.668. The van der Waals surface area contributed by atoms with E-state index in [0.29, 0.717) is 15.3 Å². The van der Waals surface area contributed by atoms with Crippen molar-refractivity contribution < 1.29 is 0 Å². The highest BCUT2D eigenvalue weighted by molar-refractivity contribution is 9.10. The largest absolute Gasteiger partial charge is 0.289 e. The van der Waals surface area contributed by atoms with Crippen LogP contribution in [-0.4, -0.2) is 21.1 Å². The maximum atomic E-state index is 12.2. The minimum absolute atomic E-state index is 0. The van der Waals surface area contributed by atoms with Gasteiger partial charge in [0.15, 0.2) is 5.16 Å². The number of aromatic nitrogens is 2. The molecule has 2 heterocycles. The highest BCUT2D eigenvalue weighted by Gasteiger charge is 2.19. The molecule has 1 aromatic heterocycles. The first kappa shape index (κ1) is 15.5. The van der Waals surface area contributed by atoms with Gasteiger partial charge in [-0.2, -0.15) is 9.78 Å². The SMILES string of the molecule is Br.Cc1nc2n(c(=O)c1Br)N=C(c1ccccc1)CS2. The van der Waals surface area contributed by atoms with Gasteiger partial charge in [-0.3, -0.25) is 4.79 Å². The van der Waals surface area contributed by atoms with Gasteiger partial charge in [-0.15, -0.1) is 17.0 Å². The Hall–Kier alpha value is -0.920. The van der Waals surface area contributed by atoms with E-state index in [0.717, 1.165) is 17.0 Å². The third kappa shape index (κ3) is 2.75. The van der Waals surface area contributed by atoms with E-state index in [4.69, 9.17) is 0 Å². The van der Waals surface area contributed by atoms with Gasteiger partial charge in [-0.1, -0.05) is 42.1 Å². The first-order valence-electron chi connectivity index (χ1n) is 5.72. The molecule has 0 unspecified atom stereocenters. The molecule has 0 spiro atoms.